The molecule has 1 heterocycles. The van der Waals surface area contributed by atoms with E-state index in [0.717, 1.165) is 22.8 Å². The van der Waals surface area contributed by atoms with Crippen LogP contribution in [0.4, 0.5) is 0 Å². The highest BCUT2D eigenvalue weighted by atomic mass is 16.6. The molecule has 0 radical (unpaired) electrons. The lowest BCUT2D eigenvalue weighted by atomic mass is 10.2. The minimum absolute atomic E-state index is 0.481. The SMILES string of the molecule is O=[N+]([O-])/C=C/c1cc2ccccc2[nH]1. The number of nitro groups is 1. The topological polar surface area (TPSA) is 58.9 Å². The first-order valence-electron chi connectivity index (χ1n) is 4.15. The number of benzene rings is 1. The molecule has 0 aliphatic carbocycles. The maximum Gasteiger partial charge on any atom is 0.236 e. The van der Waals surface area contributed by atoms with Crippen LogP contribution >= 0.6 is 0 Å². The molecule has 0 amide bonds. The van der Waals surface area contributed by atoms with E-state index in [1.165, 1.54) is 6.08 Å². The van der Waals surface area contributed by atoms with Gasteiger partial charge in [-0.05, 0) is 17.5 Å². The van der Waals surface area contributed by atoms with Gasteiger partial charge in [-0.25, -0.2) is 0 Å². The molecule has 0 unspecified atom stereocenters. The number of para-hydroxylation sites is 1. The van der Waals surface area contributed by atoms with E-state index in [-0.39, 0.29) is 0 Å². The molecule has 0 aliphatic rings. The van der Waals surface area contributed by atoms with Crippen molar-refractivity contribution < 1.29 is 4.92 Å². The van der Waals surface area contributed by atoms with E-state index in [1.807, 2.05) is 30.3 Å². The second-order valence-corrected chi connectivity index (χ2v) is 2.91. The lowest BCUT2D eigenvalue weighted by Crippen LogP contribution is -1.81. The van der Waals surface area contributed by atoms with E-state index in [1.54, 1.807) is 0 Å². The quantitative estimate of drug-likeness (QED) is 0.581. The third-order valence-electron chi connectivity index (χ3n) is 1.93. The normalized spacial score (nSPS) is 11.1. The van der Waals surface area contributed by atoms with Crippen LogP contribution in [-0.2, 0) is 0 Å². The van der Waals surface area contributed by atoms with Gasteiger partial charge in [-0.2, -0.15) is 0 Å². The highest BCUT2D eigenvalue weighted by Gasteiger charge is 1.97. The number of hydrogen-bond acceptors (Lipinski definition) is 2. The first-order chi connectivity index (χ1) is 6.75. The zero-order chi connectivity index (χ0) is 9.97. The fraction of sp³-hybridized carbons (Fsp3) is 0. The van der Waals surface area contributed by atoms with E-state index >= 15 is 0 Å². The van der Waals surface area contributed by atoms with Crippen LogP contribution in [0, 0.1) is 10.1 Å². The molecule has 0 saturated heterocycles. The zero-order valence-electron chi connectivity index (χ0n) is 7.31. The maximum atomic E-state index is 10.1. The Hall–Kier alpha value is -2.10. The average molecular weight is 188 g/mol. The fourth-order valence-electron chi connectivity index (χ4n) is 1.33. The number of rotatable bonds is 2. The minimum Gasteiger partial charge on any atom is -0.355 e. The summed E-state index contributed by atoms with van der Waals surface area (Å²) < 4.78 is 0. The molecule has 0 atom stereocenters. The molecule has 1 aromatic carbocycles. The minimum atomic E-state index is -0.481. The molecular formula is C10H8N2O2. The Bertz CT molecular complexity index is 467. The van der Waals surface area contributed by atoms with Crippen molar-refractivity contribution in [2.75, 3.05) is 0 Å². The predicted molar refractivity (Wildman–Crippen MR) is 54.3 cm³/mol. The first kappa shape index (κ1) is 8.50. The second-order valence-electron chi connectivity index (χ2n) is 2.91. The van der Waals surface area contributed by atoms with Crippen molar-refractivity contribution in [2.24, 2.45) is 0 Å². The van der Waals surface area contributed by atoms with E-state index < -0.39 is 4.92 Å². The van der Waals surface area contributed by atoms with Crippen LogP contribution < -0.4 is 0 Å². The summed E-state index contributed by atoms with van der Waals surface area (Å²) in [6, 6.07) is 9.60. The van der Waals surface area contributed by atoms with Gasteiger partial charge in [-0.3, -0.25) is 10.1 Å². The van der Waals surface area contributed by atoms with Gasteiger partial charge in [-0.15, -0.1) is 0 Å². The molecular weight excluding hydrogens is 180 g/mol. The van der Waals surface area contributed by atoms with Crippen LogP contribution in [0.2, 0.25) is 0 Å². The van der Waals surface area contributed by atoms with Crippen molar-refractivity contribution in [3.8, 4) is 0 Å². The van der Waals surface area contributed by atoms with E-state index in [9.17, 15) is 10.1 Å². The van der Waals surface area contributed by atoms with Crippen molar-refractivity contribution in [3.63, 3.8) is 0 Å². The van der Waals surface area contributed by atoms with Gasteiger partial charge in [-0.1, -0.05) is 18.2 Å². The number of aromatic amines is 1. The van der Waals surface area contributed by atoms with Crippen LogP contribution in [0.15, 0.2) is 36.5 Å². The Balaban J connectivity index is 2.40. The number of hydrogen-bond donors (Lipinski definition) is 1. The van der Waals surface area contributed by atoms with E-state index in [4.69, 9.17) is 0 Å². The average Bonchev–Trinajstić information content (AvgIpc) is 2.57. The lowest BCUT2D eigenvalue weighted by molar-refractivity contribution is -0.400. The summed E-state index contributed by atoms with van der Waals surface area (Å²) in [4.78, 5) is 12.7. The molecule has 1 N–H and O–H groups in total. The molecule has 4 heteroatoms. The third kappa shape index (κ3) is 1.64. The Morgan fingerprint density at radius 2 is 2.14 bits per heavy atom. The number of aromatic nitrogens is 1. The molecule has 0 spiro atoms. The van der Waals surface area contributed by atoms with Crippen molar-refractivity contribution in [3.05, 3.63) is 52.3 Å². The molecule has 0 fully saturated rings. The first-order valence-corrected chi connectivity index (χ1v) is 4.15. The Labute approximate surface area is 80.0 Å². The molecule has 0 aliphatic heterocycles. The van der Waals surface area contributed by atoms with Gasteiger partial charge in [0, 0.05) is 17.3 Å². The van der Waals surface area contributed by atoms with Gasteiger partial charge in [0.2, 0.25) is 6.20 Å². The smallest absolute Gasteiger partial charge is 0.236 e. The van der Waals surface area contributed by atoms with E-state index in [2.05, 4.69) is 4.98 Å². The Morgan fingerprint density at radius 1 is 1.36 bits per heavy atom. The molecule has 2 aromatic rings. The van der Waals surface area contributed by atoms with Crippen LogP contribution in [0.5, 0.6) is 0 Å². The van der Waals surface area contributed by atoms with Crippen LogP contribution in [0.25, 0.3) is 17.0 Å². The summed E-state index contributed by atoms with van der Waals surface area (Å²) >= 11 is 0. The van der Waals surface area contributed by atoms with Crippen molar-refractivity contribution in [1.29, 1.82) is 0 Å². The van der Waals surface area contributed by atoms with Crippen LogP contribution in [0.1, 0.15) is 5.69 Å². The Kier molecular flexibility index (Phi) is 2.02. The Morgan fingerprint density at radius 3 is 2.86 bits per heavy atom. The number of fused-ring (bicyclic) bond motifs is 1. The second kappa shape index (κ2) is 3.33. The van der Waals surface area contributed by atoms with Gasteiger partial charge in [0.05, 0.1) is 4.92 Å². The lowest BCUT2D eigenvalue weighted by Gasteiger charge is -1.84. The molecule has 14 heavy (non-hydrogen) atoms. The molecule has 2 rings (SSSR count). The molecule has 1 aromatic heterocycles. The molecule has 4 nitrogen and oxygen atoms in total. The van der Waals surface area contributed by atoms with Gasteiger partial charge in [0.25, 0.3) is 0 Å². The highest BCUT2D eigenvalue weighted by Crippen LogP contribution is 2.15. The summed E-state index contributed by atoms with van der Waals surface area (Å²) in [5.74, 6) is 0. The number of H-pyrrole nitrogens is 1. The number of nitrogens with zero attached hydrogens (tertiary/aromatic N) is 1. The van der Waals surface area contributed by atoms with Gasteiger partial charge < -0.3 is 4.98 Å². The van der Waals surface area contributed by atoms with Crippen molar-refractivity contribution in [2.45, 2.75) is 0 Å². The highest BCUT2D eigenvalue weighted by molar-refractivity contribution is 5.82. The molecule has 0 saturated carbocycles. The zero-order valence-corrected chi connectivity index (χ0v) is 7.31. The van der Waals surface area contributed by atoms with E-state index in [0.29, 0.717) is 0 Å². The summed E-state index contributed by atoms with van der Waals surface area (Å²) in [7, 11) is 0. The molecule has 0 bridgehead atoms. The summed E-state index contributed by atoms with van der Waals surface area (Å²) in [5.41, 5.74) is 1.72. The summed E-state index contributed by atoms with van der Waals surface area (Å²) in [6.45, 7) is 0. The summed E-state index contributed by atoms with van der Waals surface area (Å²) in [6.07, 6.45) is 2.37. The largest absolute Gasteiger partial charge is 0.355 e. The summed E-state index contributed by atoms with van der Waals surface area (Å²) in [5, 5.41) is 11.1. The fourth-order valence-corrected chi connectivity index (χ4v) is 1.33. The van der Waals surface area contributed by atoms with Crippen molar-refractivity contribution >= 4 is 17.0 Å². The van der Waals surface area contributed by atoms with Crippen molar-refractivity contribution in [1.82, 2.24) is 4.98 Å². The monoisotopic (exact) mass is 188 g/mol. The van der Waals surface area contributed by atoms with Crippen LogP contribution in [-0.4, -0.2) is 9.91 Å². The van der Waals surface area contributed by atoms with Gasteiger partial charge in [0.1, 0.15) is 0 Å². The van der Waals surface area contributed by atoms with Crippen LogP contribution in [0.3, 0.4) is 0 Å². The maximum absolute atomic E-state index is 10.1. The predicted octanol–water partition coefficient (Wildman–Crippen LogP) is 2.42. The van der Waals surface area contributed by atoms with Gasteiger partial charge in [0.15, 0.2) is 0 Å². The number of nitrogens with one attached hydrogen (secondary N) is 1. The third-order valence-corrected chi connectivity index (χ3v) is 1.93. The van der Waals surface area contributed by atoms with Gasteiger partial charge >= 0.3 is 0 Å². The molecule has 70 valence electrons. The standard InChI is InChI=1S/C10H8N2O2/c13-12(14)6-5-9-7-8-3-1-2-4-10(8)11-9/h1-7,11H/b6-5+.